The number of pyridine rings is 8. The molecule has 0 radical (unpaired) electrons. The summed E-state index contributed by atoms with van der Waals surface area (Å²) in [6.07, 6.45) is 48.9. The Labute approximate surface area is 930 Å². The number of nitrogens with zero attached hydrogens (tertiary/aromatic N) is 16. The molecule has 16 aromatic heterocycles. The molecule has 0 spiro atoms. The number of rotatable bonds is 0. The van der Waals surface area contributed by atoms with Gasteiger partial charge in [-0.2, -0.15) is 0 Å². The van der Waals surface area contributed by atoms with Crippen molar-refractivity contribution in [2.75, 3.05) is 0 Å². The molecule has 16 aromatic rings. The lowest BCUT2D eigenvalue weighted by Crippen LogP contribution is -2.28. The van der Waals surface area contributed by atoms with Crippen molar-refractivity contribution in [2.45, 2.75) is 363 Å². The van der Waals surface area contributed by atoms with Crippen LogP contribution in [0.3, 0.4) is 0 Å². The number of imidazole rings is 8. The Bertz CT molecular complexity index is 7070. The van der Waals surface area contributed by atoms with Crippen molar-refractivity contribution in [3.05, 3.63) is 290 Å². The summed E-state index contributed by atoms with van der Waals surface area (Å²) in [5.74, 6) is 2.03. The summed E-state index contributed by atoms with van der Waals surface area (Å²) < 4.78 is 21.0. The molecule has 10 aliphatic carbocycles. The molecule has 29 heteroatoms. The highest BCUT2D eigenvalue weighted by Crippen LogP contribution is 2.40. The van der Waals surface area contributed by atoms with Crippen LogP contribution in [0.25, 0.3) is 56.3 Å². The standard InChI is InChI=1S/C13H16N2O.C13H16N2.C13H14N2.C12H13BrN2O.C12H13BrN2.C12H11BrN2.C12H12N2O.C11H9BrN2O.C6H7BrO2.C6H8O2.C3H8.8CH4/c1-9-5-6-11-14-10-4-3-7-13(2,16)12(10)15(11)8-9;2*1-9-6-7-12-14-11-5-3-4-10(2)13(11)15(12)8-9;1-12(16)6-2-3-9-11(12)15-7-8(13)4-5-10(15)14-9;2*1-8-3-2-4-10-12(8)15-7-9(13)5-6-11(15)14-10;1-8-5-6-11-13-9-3-2-4-10(15)12(9)14(11)7-8;12-7-4-5-10-13-8-2-1-3-9(15)11(8)14(10)6-7;7-6-4(8)2-1-3-5(6)9;7-5-2-1-3-6(8)4-5;1-3-2;;;;;;;;/h5-6,8,16H,3-4,7H2,1-2H3;6-8,10H,3-5H2,1-2H3;4,6-8H,3,5H2,1-2H3;4-5,7,16H,2-3,6H2,1H3;5-8H,2-4H2,1H3;3,5-7H,2,4H2,1H3;5-7H,2-4H2,1H3;4-6H,1-3H2;6H,1-3H2;1-4H2;3H2,1-2H3;8*1H4. The highest BCUT2D eigenvalue weighted by Gasteiger charge is 2.37. The second kappa shape index (κ2) is 54.7. The van der Waals surface area contributed by atoms with Crippen molar-refractivity contribution < 1.29 is 39.0 Å². The zero-order valence-electron chi connectivity index (χ0n) is 83.3. The highest BCUT2D eigenvalue weighted by molar-refractivity contribution is 9.11. The largest absolute Gasteiger partial charge is 0.384 e. The van der Waals surface area contributed by atoms with Gasteiger partial charge in [-0.25, -0.2) is 39.9 Å². The van der Waals surface area contributed by atoms with Crippen molar-refractivity contribution in [1.29, 1.82) is 0 Å². The molecule has 2 saturated carbocycles. The number of aryl methyl sites for hydroxylation is 12. The summed E-state index contributed by atoms with van der Waals surface area (Å²) in [6, 6.07) is 32.6. The van der Waals surface area contributed by atoms with Crippen molar-refractivity contribution in [3.8, 4) is 0 Å². The maximum absolute atomic E-state index is 11.8. The van der Waals surface area contributed by atoms with E-state index < -0.39 is 16.0 Å². The van der Waals surface area contributed by atoms with Crippen LogP contribution in [0.4, 0.5) is 0 Å². The van der Waals surface area contributed by atoms with Gasteiger partial charge in [0, 0.05) is 117 Å². The SMILES string of the molecule is C.C.C.C.C.C.C.C.CC1(O)CCCc2nc3ccc(Br)cn3c21.CC1=CCCc2nc3ccc(Br)cn3c21.CC1=CCCc2nc3ccc(C)cn3c21.CC1CCCc2nc3ccc(Br)cn3c21.CCC.Cc1ccc2nc3c(n2c1)C(=O)CCC3.Cc1ccc2nc3c(n2c1)C(C)(O)CCC3.Cc1ccc2nc3c(n2c1)C(C)CCC3.O=C1CCCC(=O)C1.O=C1CCCC(=O)C1Br.O=C1CCCc2nc3ccc(Br)cn3c21. The first-order valence-corrected chi connectivity index (χ1v) is 54.3. The Balaban J connectivity index is 0.000000202. The van der Waals surface area contributed by atoms with Crippen LogP contribution in [0, 0.1) is 27.7 Å². The number of aliphatic hydroxyl groups is 2. The van der Waals surface area contributed by atoms with E-state index in [9.17, 15) is 39.0 Å². The molecule has 16 heterocycles. The Kier molecular flexibility index (Phi) is 45.4. The van der Waals surface area contributed by atoms with Gasteiger partial charge in [0.15, 0.2) is 23.1 Å². The van der Waals surface area contributed by atoms with Gasteiger partial charge in [0.2, 0.25) is 0 Å². The van der Waals surface area contributed by atoms with Crippen LogP contribution in [0.5, 0.6) is 0 Å². The second-order valence-corrected chi connectivity index (χ2v) is 44.2. The monoisotopic (exact) mass is 2360 g/mol. The maximum atomic E-state index is 11.8. The predicted molar refractivity (Wildman–Crippen MR) is 632 cm³/mol. The smallest absolute Gasteiger partial charge is 0.181 e. The molecule has 26 rings (SSSR count). The van der Waals surface area contributed by atoms with Crippen LogP contribution in [0.2, 0.25) is 0 Å². The van der Waals surface area contributed by atoms with E-state index in [-0.39, 0.29) is 101 Å². The number of allylic oxidation sites excluding steroid dienone is 4. The molecule has 10 aliphatic rings. The normalized spacial score (nSPS) is 18.2. The lowest BCUT2D eigenvalue weighted by atomic mass is 9.87. The first-order valence-electron chi connectivity index (χ1n) is 50.3. The molecule has 0 aromatic carbocycles. The Hall–Kier alpha value is -10.7. The summed E-state index contributed by atoms with van der Waals surface area (Å²) in [5.41, 5.74) is 32.1. The first-order chi connectivity index (χ1) is 68.1. The van der Waals surface area contributed by atoms with Crippen molar-refractivity contribution in [2.24, 2.45) is 0 Å². The molecule has 0 aliphatic heterocycles. The van der Waals surface area contributed by atoms with E-state index in [1.807, 2.05) is 105 Å². The van der Waals surface area contributed by atoms with Gasteiger partial charge in [0.05, 0.1) is 74.7 Å². The third-order valence-electron chi connectivity index (χ3n) is 27.6. The van der Waals surface area contributed by atoms with Gasteiger partial charge in [0.1, 0.15) is 84.2 Å². The Morgan fingerprint density at radius 2 is 0.573 bits per heavy atom. The zero-order valence-corrected chi connectivity index (χ0v) is 91.3. The lowest BCUT2D eigenvalue weighted by Gasteiger charge is -2.28. The maximum Gasteiger partial charge on any atom is 0.181 e. The topological polar surface area (TPSA) is 281 Å². The van der Waals surface area contributed by atoms with Gasteiger partial charge in [-0.3, -0.25) is 50.8 Å². The van der Waals surface area contributed by atoms with Gasteiger partial charge in [-0.05, 0) is 378 Å². The van der Waals surface area contributed by atoms with E-state index in [0.29, 0.717) is 50.4 Å². The third-order valence-corrected chi connectivity index (χ3v) is 30.5. The number of carbonyl (C=O) groups is 6. The van der Waals surface area contributed by atoms with Crippen molar-refractivity contribution in [3.63, 3.8) is 0 Å². The van der Waals surface area contributed by atoms with Crippen LogP contribution < -0.4 is 0 Å². The minimum Gasteiger partial charge on any atom is -0.384 e. The fourth-order valence-corrected chi connectivity index (χ4v) is 22.7. The zero-order chi connectivity index (χ0) is 101. The second-order valence-electron chi connectivity index (χ2n) is 39.6. The number of hydrogen-bond acceptors (Lipinski definition) is 16. The van der Waals surface area contributed by atoms with Crippen LogP contribution in [0.15, 0.2) is 177 Å². The molecule has 0 bridgehead atoms. The fraction of sp³-hybridized carbons (Fsp3) is 0.455. The number of hydrogen-bond donors (Lipinski definition) is 2. The van der Waals surface area contributed by atoms with E-state index in [1.54, 1.807) is 0 Å². The number of carbonyl (C=O) groups excluding carboxylic acids is 6. The van der Waals surface area contributed by atoms with Gasteiger partial charge >= 0.3 is 0 Å². The number of ketones is 6. The van der Waals surface area contributed by atoms with Gasteiger partial charge in [-0.1, -0.05) is 146 Å². The Morgan fingerprint density at radius 1 is 0.313 bits per heavy atom. The summed E-state index contributed by atoms with van der Waals surface area (Å²) >= 11 is 16.9. The summed E-state index contributed by atoms with van der Waals surface area (Å²) in [7, 11) is 0. The summed E-state index contributed by atoms with van der Waals surface area (Å²) in [4.78, 5) is 102. The average molecular weight is 2370 g/mol. The minimum absolute atomic E-state index is 0. The van der Waals surface area contributed by atoms with E-state index in [0.717, 1.165) is 230 Å². The van der Waals surface area contributed by atoms with E-state index in [4.69, 9.17) is 4.98 Å². The van der Waals surface area contributed by atoms with Gasteiger partial charge in [-0.15, -0.1) is 0 Å². The van der Waals surface area contributed by atoms with Crippen molar-refractivity contribution >= 4 is 171 Å². The summed E-state index contributed by atoms with van der Waals surface area (Å²) in [5, 5.41) is 20.9. The molecule has 2 fully saturated rings. The van der Waals surface area contributed by atoms with Crippen molar-refractivity contribution in [1.82, 2.24) is 75.1 Å². The average Bonchev–Trinajstić information content (AvgIpc) is 1.60. The third kappa shape index (κ3) is 28.5. The van der Waals surface area contributed by atoms with Crippen LogP contribution in [-0.4, -0.2) is 125 Å². The molecule has 0 saturated heterocycles. The number of fused-ring (bicyclic) bond motifs is 24. The van der Waals surface area contributed by atoms with Crippen LogP contribution in [0.1, 0.15) is 391 Å². The molecule has 150 heavy (non-hydrogen) atoms. The highest BCUT2D eigenvalue weighted by atomic mass is 79.9. The van der Waals surface area contributed by atoms with Crippen LogP contribution in [-0.2, 0) is 81.7 Å². The van der Waals surface area contributed by atoms with E-state index >= 15 is 0 Å². The molecule has 0 amide bonds. The quantitative estimate of drug-likeness (QED) is 0.105. The molecule has 806 valence electrons. The molecule has 4 unspecified atom stereocenters. The molecule has 2 N–H and O–H groups in total. The van der Waals surface area contributed by atoms with E-state index in [2.05, 4.69) is 286 Å². The number of aromatic nitrogens is 16. The fourth-order valence-electron chi connectivity index (χ4n) is 20.9. The number of alkyl halides is 1. The lowest BCUT2D eigenvalue weighted by molar-refractivity contribution is -0.130. The van der Waals surface area contributed by atoms with E-state index in [1.165, 1.54) is 105 Å². The number of halogens is 5. The number of Topliss-reactive ketones (excluding diaryl/α,β-unsaturated/α-hetero) is 6. The minimum atomic E-state index is -0.756. The van der Waals surface area contributed by atoms with Crippen LogP contribution >= 0.6 is 79.6 Å². The molecule has 4 atom stereocenters. The summed E-state index contributed by atoms with van der Waals surface area (Å²) in [6.45, 7) is 25.3. The first kappa shape index (κ1) is 125. The van der Waals surface area contributed by atoms with Gasteiger partial charge in [0.25, 0.3) is 0 Å². The van der Waals surface area contributed by atoms with Gasteiger partial charge < -0.3 is 23.4 Å². The Morgan fingerprint density at radius 3 is 0.940 bits per heavy atom. The predicted octanol–water partition coefficient (Wildman–Crippen LogP) is 30.9. The molecule has 24 nitrogen and oxygen atoms in total. The molecular weight excluding hydrogens is 2200 g/mol. The molecular formula is C121H159Br5N16O8.